The molecule has 1 N–H and O–H groups in total. The Balaban J connectivity index is -0.00000108. The quantitative estimate of drug-likeness (QED) is 0.444. The Morgan fingerprint density at radius 3 is 1.95 bits per heavy atom. The molecule has 1 atom stereocenters. The maximum absolute atomic E-state index is 5.75. The summed E-state index contributed by atoms with van der Waals surface area (Å²) in [5.41, 5.74) is 0. The summed E-state index contributed by atoms with van der Waals surface area (Å²) < 4.78 is 5.53. The van der Waals surface area contributed by atoms with Crippen LogP contribution in [0.1, 0.15) is 0 Å². The molecule has 1 rings (SSSR count). The first-order chi connectivity index (χ1) is 8.48. The van der Waals surface area contributed by atoms with Crippen molar-refractivity contribution in [2.75, 3.05) is 74.1 Å². The van der Waals surface area contributed by atoms with Gasteiger partial charge in [-0.2, -0.15) is 0 Å². The van der Waals surface area contributed by atoms with Crippen molar-refractivity contribution in [2.45, 2.75) is 4.03 Å². The second-order valence-electron chi connectivity index (χ2n) is 5.20. The third-order valence-corrected chi connectivity index (χ3v) is 4.76. The number of rotatable bonds is 1. The van der Waals surface area contributed by atoms with Crippen LogP contribution in [-0.2, 0) is 25.2 Å². The topological polar surface area (TPSA) is 31.0 Å². The Morgan fingerprint density at radius 1 is 0.905 bits per heavy atom. The number of nitrogens with one attached hydrogen (secondary N) is 1. The van der Waals surface area contributed by atoms with Crippen molar-refractivity contribution < 1.29 is 62.4 Å². The molecule has 5 nitrogen and oxygen atoms in total. The van der Waals surface area contributed by atoms with E-state index in [1.54, 1.807) is 7.11 Å². The van der Waals surface area contributed by atoms with E-state index in [9.17, 15) is 0 Å². The molecule has 1 fully saturated rings. The van der Waals surface area contributed by atoms with Gasteiger partial charge in [0, 0.05) is 0 Å². The maximum Gasteiger partial charge on any atom is -1.00 e. The van der Waals surface area contributed by atoms with E-state index in [2.05, 4.69) is 61.6 Å². The molecule has 0 aromatic heterocycles. The minimum atomic E-state index is -0.214. The van der Waals surface area contributed by atoms with E-state index in [1.807, 2.05) is 0 Å². The Kier molecular flexibility index (Phi) is 17.9. The molecule has 9 heteroatoms. The maximum atomic E-state index is 5.75. The molecular formula is C12H27Cl3N4OTi. The third-order valence-electron chi connectivity index (χ3n) is 3.60. The predicted molar refractivity (Wildman–Crippen MR) is 70.2 cm³/mol. The molecule has 0 bridgehead atoms. The fraction of sp³-hybridized carbons (Fsp3) is 1.00. The van der Waals surface area contributed by atoms with Gasteiger partial charge in [0.1, 0.15) is 0 Å². The van der Waals surface area contributed by atoms with Crippen LogP contribution >= 0.6 is 0 Å². The number of methoxy groups -OCH3 is 1. The number of likely N-dealkylation sites (N-methyl/N-ethyl adjacent to an activating group) is 3. The zero-order valence-electron chi connectivity index (χ0n) is 13.3. The van der Waals surface area contributed by atoms with Gasteiger partial charge in [0.25, 0.3) is 0 Å². The second-order valence-corrected chi connectivity index (χ2v) is 6.42. The summed E-state index contributed by atoms with van der Waals surface area (Å²) in [5, 5.41) is 3.48. The molecule has 0 amide bonds. The smallest absolute Gasteiger partial charge is 1.00 e. The molecule has 21 heavy (non-hydrogen) atoms. The molecule has 0 spiro atoms. The first-order valence-electron chi connectivity index (χ1n) is 6.57. The van der Waals surface area contributed by atoms with Gasteiger partial charge in [-0.1, -0.05) is 0 Å². The molecule has 1 aliphatic heterocycles. The molecule has 0 aliphatic carbocycles. The van der Waals surface area contributed by atoms with Gasteiger partial charge >= 0.3 is 123 Å². The zero-order valence-corrected chi connectivity index (χ0v) is 17.2. The van der Waals surface area contributed by atoms with Crippen molar-refractivity contribution in [2.24, 2.45) is 0 Å². The predicted octanol–water partition coefficient (Wildman–Crippen LogP) is -9.76. The van der Waals surface area contributed by atoms with Crippen LogP contribution in [-0.4, -0.2) is 92.8 Å². The van der Waals surface area contributed by atoms with Crippen LogP contribution in [0.25, 0.3) is 0 Å². The molecule has 0 aromatic rings. The van der Waals surface area contributed by atoms with E-state index >= 15 is 0 Å². The largest absolute Gasteiger partial charge is 1.00 e. The molecule has 0 aromatic carbocycles. The monoisotopic (exact) mass is 396 g/mol. The number of halogens is 3. The van der Waals surface area contributed by atoms with Gasteiger partial charge in [0.15, 0.2) is 0 Å². The minimum absolute atomic E-state index is 0. The summed E-state index contributed by atoms with van der Waals surface area (Å²) in [6.45, 7) is 7.27. The SMILES string of the molecule is CO[C]1([Ti+3])CN(C)CCNCCN(C)CCN1C.[Cl-].[Cl-].[Cl-]. The van der Waals surface area contributed by atoms with Gasteiger partial charge in [-0.05, 0) is 0 Å². The molecule has 0 radical (unpaired) electrons. The van der Waals surface area contributed by atoms with E-state index in [1.165, 1.54) is 0 Å². The van der Waals surface area contributed by atoms with Crippen LogP contribution in [0.5, 0.6) is 0 Å². The van der Waals surface area contributed by atoms with Crippen LogP contribution in [0.15, 0.2) is 0 Å². The van der Waals surface area contributed by atoms with Crippen LogP contribution in [0, 0.1) is 0 Å². The van der Waals surface area contributed by atoms with Gasteiger partial charge in [-0.15, -0.1) is 0 Å². The number of hydrogen-bond acceptors (Lipinski definition) is 5. The average Bonchev–Trinajstić information content (AvgIpc) is 2.34. The molecule has 1 heterocycles. The van der Waals surface area contributed by atoms with Crippen LogP contribution < -0.4 is 42.5 Å². The van der Waals surface area contributed by atoms with Gasteiger partial charge in [-0.25, -0.2) is 0 Å². The third kappa shape index (κ3) is 9.97. The van der Waals surface area contributed by atoms with E-state index in [0.29, 0.717) is 0 Å². The number of nitrogens with zero attached hydrogens (tertiary/aromatic N) is 3. The van der Waals surface area contributed by atoms with Gasteiger partial charge < -0.3 is 37.2 Å². The molecule has 1 unspecified atom stereocenters. The van der Waals surface area contributed by atoms with Gasteiger partial charge in [-0.3, -0.25) is 0 Å². The Labute approximate surface area is 160 Å². The van der Waals surface area contributed by atoms with Crippen molar-refractivity contribution in [3.8, 4) is 0 Å². The van der Waals surface area contributed by atoms with Crippen molar-refractivity contribution in [1.29, 1.82) is 0 Å². The fourth-order valence-corrected chi connectivity index (χ4v) is 2.66. The van der Waals surface area contributed by atoms with Crippen molar-refractivity contribution in [3.63, 3.8) is 0 Å². The summed E-state index contributed by atoms with van der Waals surface area (Å²) in [4.78, 5) is 7.01. The first kappa shape index (κ1) is 27.2. The Hall–Kier alpha value is 1.38. The molecule has 0 saturated carbocycles. The van der Waals surface area contributed by atoms with Gasteiger partial charge in [0.2, 0.25) is 0 Å². The van der Waals surface area contributed by atoms with Crippen molar-refractivity contribution in [3.05, 3.63) is 0 Å². The van der Waals surface area contributed by atoms with Crippen molar-refractivity contribution in [1.82, 2.24) is 20.0 Å². The molecule has 1 saturated heterocycles. The summed E-state index contributed by atoms with van der Waals surface area (Å²) in [5.74, 6) is 0. The first-order valence-corrected chi connectivity index (χ1v) is 7.35. The summed E-state index contributed by atoms with van der Waals surface area (Å²) in [7, 11) is 8.29. The Morgan fingerprint density at radius 2 is 1.43 bits per heavy atom. The molecule has 126 valence electrons. The van der Waals surface area contributed by atoms with Crippen LogP contribution in [0.4, 0.5) is 0 Å². The second kappa shape index (κ2) is 13.8. The average molecular weight is 398 g/mol. The summed E-state index contributed by atoms with van der Waals surface area (Å²) in [6, 6.07) is 0. The van der Waals surface area contributed by atoms with E-state index in [-0.39, 0.29) is 41.3 Å². The molecule has 1 aliphatic rings. The fourth-order valence-electron chi connectivity index (χ4n) is 2.06. The van der Waals surface area contributed by atoms with Crippen molar-refractivity contribution >= 4 is 0 Å². The minimum Gasteiger partial charge on any atom is -1.00 e. The van der Waals surface area contributed by atoms with E-state index in [0.717, 1.165) is 45.8 Å². The standard InChI is InChI=1S/C12H27N4O.3ClH.Ti/c1-14-7-5-13-6-8-15(2)11-12(17-4)16(3)10-9-14;;;;/h13H,5-11H2,1-4H3;3*1H;/q;;;;+3/p-3. The van der Waals surface area contributed by atoms with E-state index < -0.39 is 0 Å². The van der Waals surface area contributed by atoms with Gasteiger partial charge in [0.05, 0.1) is 0 Å². The summed E-state index contributed by atoms with van der Waals surface area (Å²) in [6.07, 6.45) is 0. The Bertz CT molecular complexity index is 257. The zero-order chi connectivity index (χ0) is 13.6. The van der Waals surface area contributed by atoms with Crippen LogP contribution in [0.3, 0.4) is 0 Å². The normalized spacial score (nSPS) is 27.3. The number of ether oxygens (including phenoxy) is 1. The molecular weight excluding hydrogens is 370 g/mol. The summed E-state index contributed by atoms with van der Waals surface area (Å²) >= 11 is 2.17. The van der Waals surface area contributed by atoms with E-state index in [4.69, 9.17) is 4.74 Å². The van der Waals surface area contributed by atoms with Crippen LogP contribution in [0.2, 0.25) is 0 Å². The number of hydrogen-bond donors (Lipinski definition) is 1.